The number of hydrogen-bond acceptors (Lipinski definition) is 2. The third-order valence-corrected chi connectivity index (χ3v) is 4.49. The molecule has 2 fully saturated rings. The molecule has 2 nitrogen and oxygen atoms in total. The Hall–Kier alpha value is -0.0800. The molecule has 2 rings (SSSR count). The molecule has 0 spiro atoms. The zero-order chi connectivity index (χ0) is 10.1. The van der Waals surface area contributed by atoms with Crippen molar-refractivity contribution in [2.75, 3.05) is 19.6 Å². The molecule has 0 aromatic rings. The number of nitrogens with one attached hydrogen (secondary N) is 1. The summed E-state index contributed by atoms with van der Waals surface area (Å²) in [5.74, 6) is 1.79. The Labute approximate surface area is 88.1 Å². The van der Waals surface area contributed by atoms with Crippen molar-refractivity contribution in [3.8, 4) is 0 Å². The molecular formula is C12H24N2. The normalized spacial score (nSPS) is 41.8. The second-order valence-corrected chi connectivity index (χ2v) is 5.24. The SMILES string of the molecule is CC1CCN(C(C)C2CCNC2)C1C. The minimum absolute atomic E-state index is 0.782. The average molecular weight is 196 g/mol. The summed E-state index contributed by atoms with van der Waals surface area (Å²) in [7, 11) is 0. The van der Waals surface area contributed by atoms with Crippen LogP contribution >= 0.6 is 0 Å². The van der Waals surface area contributed by atoms with E-state index in [1.165, 1.54) is 32.5 Å². The van der Waals surface area contributed by atoms with E-state index in [1.807, 2.05) is 0 Å². The third-order valence-electron chi connectivity index (χ3n) is 4.49. The van der Waals surface area contributed by atoms with Crippen molar-refractivity contribution in [1.29, 1.82) is 0 Å². The second kappa shape index (κ2) is 4.19. The lowest BCUT2D eigenvalue weighted by Crippen LogP contribution is -2.42. The minimum atomic E-state index is 0.782. The molecule has 0 saturated carbocycles. The highest BCUT2D eigenvalue weighted by atomic mass is 15.2. The summed E-state index contributed by atoms with van der Waals surface area (Å²) in [5, 5.41) is 3.48. The zero-order valence-electron chi connectivity index (χ0n) is 9.79. The standard InChI is InChI=1S/C12H24N2/c1-9-5-7-14(10(9)2)11(3)12-4-6-13-8-12/h9-13H,4-8H2,1-3H3. The van der Waals surface area contributed by atoms with Gasteiger partial charge in [0, 0.05) is 12.1 Å². The minimum Gasteiger partial charge on any atom is -0.316 e. The Bertz CT molecular complexity index is 187. The molecule has 2 aliphatic heterocycles. The average Bonchev–Trinajstić information content (AvgIpc) is 2.77. The zero-order valence-corrected chi connectivity index (χ0v) is 9.79. The predicted molar refractivity (Wildman–Crippen MR) is 60.4 cm³/mol. The lowest BCUT2D eigenvalue weighted by Gasteiger charge is -2.33. The van der Waals surface area contributed by atoms with E-state index < -0.39 is 0 Å². The Morgan fingerprint density at radius 3 is 2.57 bits per heavy atom. The molecule has 4 unspecified atom stereocenters. The maximum absolute atomic E-state index is 3.48. The van der Waals surface area contributed by atoms with Crippen LogP contribution in [0.5, 0.6) is 0 Å². The maximum Gasteiger partial charge on any atom is 0.0111 e. The van der Waals surface area contributed by atoms with Crippen molar-refractivity contribution in [2.45, 2.75) is 45.7 Å². The molecule has 1 N–H and O–H groups in total. The van der Waals surface area contributed by atoms with E-state index in [9.17, 15) is 0 Å². The van der Waals surface area contributed by atoms with Crippen LogP contribution in [0.2, 0.25) is 0 Å². The van der Waals surface area contributed by atoms with E-state index in [4.69, 9.17) is 0 Å². The van der Waals surface area contributed by atoms with Crippen LogP contribution < -0.4 is 5.32 Å². The summed E-state index contributed by atoms with van der Waals surface area (Å²) in [6, 6.07) is 1.58. The first-order valence-corrected chi connectivity index (χ1v) is 6.16. The van der Waals surface area contributed by atoms with Crippen LogP contribution in [0.25, 0.3) is 0 Å². The predicted octanol–water partition coefficient (Wildman–Crippen LogP) is 1.71. The van der Waals surface area contributed by atoms with Crippen molar-refractivity contribution in [2.24, 2.45) is 11.8 Å². The fraction of sp³-hybridized carbons (Fsp3) is 1.00. The quantitative estimate of drug-likeness (QED) is 0.723. The van der Waals surface area contributed by atoms with Gasteiger partial charge in [0.15, 0.2) is 0 Å². The lowest BCUT2D eigenvalue weighted by molar-refractivity contribution is 0.144. The van der Waals surface area contributed by atoms with Gasteiger partial charge < -0.3 is 5.32 Å². The molecule has 0 radical (unpaired) electrons. The van der Waals surface area contributed by atoms with Gasteiger partial charge in [0.05, 0.1) is 0 Å². The third kappa shape index (κ3) is 1.82. The summed E-state index contributed by atoms with van der Waals surface area (Å²) < 4.78 is 0. The Morgan fingerprint density at radius 2 is 2.07 bits per heavy atom. The van der Waals surface area contributed by atoms with Crippen LogP contribution in [-0.4, -0.2) is 36.6 Å². The van der Waals surface area contributed by atoms with Gasteiger partial charge in [0.2, 0.25) is 0 Å². The Kier molecular flexibility index (Phi) is 3.13. The van der Waals surface area contributed by atoms with Gasteiger partial charge in [-0.3, -0.25) is 4.90 Å². The number of rotatable bonds is 2. The topological polar surface area (TPSA) is 15.3 Å². The van der Waals surface area contributed by atoms with Crippen LogP contribution in [0.3, 0.4) is 0 Å². The van der Waals surface area contributed by atoms with E-state index >= 15 is 0 Å². The highest BCUT2D eigenvalue weighted by molar-refractivity contribution is 4.89. The first-order chi connectivity index (χ1) is 6.70. The fourth-order valence-corrected chi connectivity index (χ4v) is 3.06. The molecule has 2 aliphatic rings. The molecule has 0 aromatic heterocycles. The second-order valence-electron chi connectivity index (χ2n) is 5.24. The van der Waals surface area contributed by atoms with Crippen LogP contribution in [0.15, 0.2) is 0 Å². The van der Waals surface area contributed by atoms with Gasteiger partial charge in [-0.25, -0.2) is 0 Å². The van der Waals surface area contributed by atoms with Crippen LogP contribution in [0.4, 0.5) is 0 Å². The summed E-state index contributed by atoms with van der Waals surface area (Å²) in [4.78, 5) is 2.72. The Balaban J connectivity index is 1.93. The Morgan fingerprint density at radius 1 is 1.29 bits per heavy atom. The molecule has 4 atom stereocenters. The maximum atomic E-state index is 3.48. The largest absolute Gasteiger partial charge is 0.316 e. The smallest absolute Gasteiger partial charge is 0.0111 e. The van der Waals surface area contributed by atoms with Gasteiger partial charge >= 0.3 is 0 Å². The molecule has 0 bridgehead atoms. The van der Waals surface area contributed by atoms with Gasteiger partial charge in [-0.05, 0) is 58.2 Å². The van der Waals surface area contributed by atoms with Gasteiger partial charge in [0.25, 0.3) is 0 Å². The molecule has 0 amide bonds. The molecule has 14 heavy (non-hydrogen) atoms. The van der Waals surface area contributed by atoms with E-state index in [-0.39, 0.29) is 0 Å². The number of hydrogen-bond donors (Lipinski definition) is 1. The summed E-state index contributed by atoms with van der Waals surface area (Å²) in [6.45, 7) is 11.0. The number of nitrogens with zero attached hydrogens (tertiary/aromatic N) is 1. The van der Waals surface area contributed by atoms with Crippen molar-refractivity contribution in [3.05, 3.63) is 0 Å². The fourth-order valence-electron chi connectivity index (χ4n) is 3.06. The highest BCUT2D eigenvalue weighted by Gasteiger charge is 2.34. The van der Waals surface area contributed by atoms with E-state index in [1.54, 1.807) is 0 Å². The number of likely N-dealkylation sites (tertiary alicyclic amines) is 1. The first-order valence-electron chi connectivity index (χ1n) is 6.16. The van der Waals surface area contributed by atoms with E-state index in [0.29, 0.717) is 0 Å². The molecule has 2 heterocycles. The van der Waals surface area contributed by atoms with Crippen molar-refractivity contribution < 1.29 is 0 Å². The van der Waals surface area contributed by atoms with Crippen molar-refractivity contribution >= 4 is 0 Å². The summed E-state index contributed by atoms with van der Waals surface area (Å²) >= 11 is 0. The van der Waals surface area contributed by atoms with Crippen molar-refractivity contribution in [1.82, 2.24) is 10.2 Å². The van der Waals surface area contributed by atoms with Gasteiger partial charge in [-0.2, -0.15) is 0 Å². The highest BCUT2D eigenvalue weighted by Crippen LogP contribution is 2.29. The van der Waals surface area contributed by atoms with Crippen LogP contribution in [0, 0.1) is 11.8 Å². The monoisotopic (exact) mass is 196 g/mol. The van der Waals surface area contributed by atoms with Gasteiger partial charge in [-0.15, -0.1) is 0 Å². The molecular weight excluding hydrogens is 172 g/mol. The molecule has 2 saturated heterocycles. The van der Waals surface area contributed by atoms with Crippen molar-refractivity contribution in [3.63, 3.8) is 0 Å². The lowest BCUT2D eigenvalue weighted by atomic mass is 9.97. The summed E-state index contributed by atoms with van der Waals surface area (Å²) in [5.41, 5.74) is 0. The first kappa shape index (κ1) is 10.4. The molecule has 82 valence electrons. The van der Waals surface area contributed by atoms with Crippen LogP contribution in [0.1, 0.15) is 33.6 Å². The molecule has 2 heteroatoms. The summed E-state index contributed by atoms with van der Waals surface area (Å²) in [6.07, 6.45) is 2.77. The molecule has 0 aliphatic carbocycles. The van der Waals surface area contributed by atoms with Gasteiger partial charge in [0.1, 0.15) is 0 Å². The molecule has 0 aromatic carbocycles. The van der Waals surface area contributed by atoms with E-state index in [2.05, 4.69) is 31.0 Å². The van der Waals surface area contributed by atoms with Crippen LogP contribution in [-0.2, 0) is 0 Å². The van der Waals surface area contributed by atoms with E-state index in [0.717, 1.165) is 23.9 Å². The van der Waals surface area contributed by atoms with Gasteiger partial charge in [-0.1, -0.05) is 6.92 Å².